The van der Waals surface area contributed by atoms with E-state index in [0.717, 1.165) is 5.56 Å². The molecule has 0 aliphatic heterocycles. The number of rotatable bonds is 4. The number of hydrogen-bond donors (Lipinski definition) is 1. The average Bonchev–Trinajstić information content (AvgIpc) is 3.16. The van der Waals surface area contributed by atoms with Crippen LogP contribution in [-0.2, 0) is 15.0 Å². The van der Waals surface area contributed by atoms with Crippen molar-refractivity contribution in [3.05, 3.63) is 35.6 Å². The summed E-state index contributed by atoms with van der Waals surface area (Å²) >= 11 is 0. The highest BCUT2D eigenvalue weighted by atomic mass is 19.1. The van der Waals surface area contributed by atoms with Crippen LogP contribution in [0.25, 0.3) is 0 Å². The smallest absolute Gasteiger partial charge is 0.323 e. The van der Waals surface area contributed by atoms with Crippen molar-refractivity contribution in [2.24, 2.45) is 0 Å². The zero-order valence-corrected chi connectivity index (χ0v) is 12.5. The largest absolute Gasteiger partial charge is 0.480 e. The number of carbonyl (C=O) groups is 2. The van der Waals surface area contributed by atoms with Gasteiger partial charge in [-0.1, -0.05) is 12.1 Å². The van der Waals surface area contributed by atoms with Gasteiger partial charge in [-0.2, -0.15) is 0 Å². The lowest BCUT2D eigenvalue weighted by Gasteiger charge is -2.37. The van der Waals surface area contributed by atoms with Crippen LogP contribution in [0.1, 0.15) is 39.2 Å². The van der Waals surface area contributed by atoms with Gasteiger partial charge in [0.05, 0.1) is 5.41 Å². The fourth-order valence-electron chi connectivity index (χ4n) is 2.53. The van der Waals surface area contributed by atoms with E-state index in [0.29, 0.717) is 12.8 Å². The Morgan fingerprint density at radius 1 is 1.24 bits per heavy atom. The van der Waals surface area contributed by atoms with E-state index in [1.807, 2.05) is 20.8 Å². The van der Waals surface area contributed by atoms with Crippen LogP contribution in [0, 0.1) is 5.82 Å². The van der Waals surface area contributed by atoms with Crippen molar-refractivity contribution in [1.29, 1.82) is 0 Å². The molecule has 0 radical (unpaired) electrons. The minimum atomic E-state index is -1.03. The Morgan fingerprint density at radius 3 is 2.14 bits per heavy atom. The summed E-state index contributed by atoms with van der Waals surface area (Å²) in [6.45, 7) is 5.11. The number of carbonyl (C=O) groups excluding carboxylic acids is 1. The van der Waals surface area contributed by atoms with Crippen molar-refractivity contribution in [3.63, 3.8) is 0 Å². The molecule has 0 unspecified atom stereocenters. The number of carboxylic acids is 1. The molecule has 1 aliphatic rings. The van der Waals surface area contributed by atoms with Gasteiger partial charge in [0.25, 0.3) is 0 Å². The van der Waals surface area contributed by atoms with Gasteiger partial charge in [0, 0.05) is 5.54 Å². The highest BCUT2D eigenvalue weighted by Gasteiger charge is 2.54. The Hall–Kier alpha value is -1.91. The molecule has 21 heavy (non-hydrogen) atoms. The maximum atomic E-state index is 13.0. The molecule has 1 N–H and O–H groups in total. The van der Waals surface area contributed by atoms with Gasteiger partial charge >= 0.3 is 5.97 Å². The van der Waals surface area contributed by atoms with Gasteiger partial charge in [0.2, 0.25) is 5.91 Å². The van der Waals surface area contributed by atoms with Crippen LogP contribution in [0.5, 0.6) is 0 Å². The topological polar surface area (TPSA) is 57.6 Å². The number of hydrogen-bond acceptors (Lipinski definition) is 2. The summed E-state index contributed by atoms with van der Waals surface area (Å²) in [6.07, 6.45) is 1.34. The fourth-order valence-corrected chi connectivity index (χ4v) is 2.53. The molecule has 1 aromatic carbocycles. The van der Waals surface area contributed by atoms with Gasteiger partial charge in [-0.15, -0.1) is 0 Å². The Kier molecular flexibility index (Phi) is 3.78. The molecule has 1 aliphatic carbocycles. The van der Waals surface area contributed by atoms with Crippen molar-refractivity contribution >= 4 is 11.9 Å². The van der Waals surface area contributed by atoms with Gasteiger partial charge < -0.3 is 10.0 Å². The molecule has 4 nitrogen and oxygen atoms in total. The quantitative estimate of drug-likeness (QED) is 0.928. The van der Waals surface area contributed by atoms with Crippen LogP contribution >= 0.6 is 0 Å². The van der Waals surface area contributed by atoms with Crippen LogP contribution in [0.2, 0.25) is 0 Å². The molecule has 0 atom stereocenters. The minimum Gasteiger partial charge on any atom is -0.480 e. The summed E-state index contributed by atoms with van der Waals surface area (Å²) in [5.74, 6) is -1.57. The molecule has 1 aromatic rings. The molecule has 5 heteroatoms. The second kappa shape index (κ2) is 5.13. The molecule has 0 saturated heterocycles. The van der Waals surface area contributed by atoms with E-state index in [1.165, 1.54) is 17.0 Å². The molecule has 0 aromatic heterocycles. The van der Waals surface area contributed by atoms with Gasteiger partial charge in [-0.05, 0) is 51.3 Å². The predicted octanol–water partition coefficient (Wildman–Crippen LogP) is 2.57. The van der Waals surface area contributed by atoms with E-state index in [1.54, 1.807) is 12.1 Å². The van der Waals surface area contributed by atoms with Crippen LogP contribution in [0.3, 0.4) is 0 Å². The molecular formula is C16H20FNO3. The van der Waals surface area contributed by atoms with Crippen LogP contribution in [-0.4, -0.2) is 34.0 Å². The number of aliphatic carboxylic acids is 1. The third-order valence-electron chi connectivity index (χ3n) is 3.90. The number of carboxylic acid groups (broad SMARTS) is 1. The SMILES string of the molecule is CC(C)(C)N(CC(=O)O)C(=O)C1(c2ccc(F)cc2)CC1. The molecule has 0 bridgehead atoms. The number of halogens is 1. The maximum Gasteiger partial charge on any atom is 0.323 e. The summed E-state index contributed by atoms with van der Waals surface area (Å²) < 4.78 is 13.0. The molecule has 1 amide bonds. The first-order chi connectivity index (χ1) is 9.67. The number of benzene rings is 1. The van der Waals surface area contributed by atoms with Crippen LogP contribution in [0.4, 0.5) is 4.39 Å². The molecular weight excluding hydrogens is 273 g/mol. The van der Waals surface area contributed by atoms with E-state index >= 15 is 0 Å². The van der Waals surface area contributed by atoms with Crippen molar-refractivity contribution in [2.75, 3.05) is 6.54 Å². The standard InChI is InChI=1S/C16H20FNO3/c1-15(2,3)18(10-13(19)20)14(21)16(8-9-16)11-4-6-12(17)7-5-11/h4-7H,8-10H2,1-3H3,(H,19,20). The molecule has 0 heterocycles. The van der Waals surface area contributed by atoms with Crippen LogP contribution in [0.15, 0.2) is 24.3 Å². The zero-order valence-electron chi connectivity index (χ0n) is 12.5. The summed E-state index contributed by atoms with van der Waals surface area (Å²) in [5, 5.41) is 9.05. The van der Waals surface area contributed by atoms with E-state index in [9.17, 15) is 14.0 Å². The van der Waals surface area contributed by atoms with Crippen molar-refractivity contribution in [3.8, 4) is 0 Å². The number of amides is 1. The molecule has 114 valence electrons. The summed E-state index contributed by atoms with van der Waals surface area (Å²) in [6, 6.07) is 5.90. The monoisotopic (exact) mass is 293 g/mol. The molecule has 0 spiro atoms. The normalized spacial score (nSPS) is 16.4. The fraction of sp³-hybridized carbons (Fsp3) is 0.500. The highest BCUT2D eigenvalue weighted by molar-refractivity contribution is 5.93. The first-order valence-corrected chi connectivity index (χ1v) is 6.97. The molecule has 2 rings (SSSR count). The second-order valence-corrected chi connectivity index (χ2v) is 6.54. The summed E-state index contributed by atoms with van der Waals surface area (Å²) in [7, 11) is 0. The molecule has 1 fully saturated rings. The lowest BCUT2D eigenvalue weighted by Crippen LogP contribution is -2.52. The first-order valence-electron chi connectivity index (χ1n) is 6.97. The molecule has 1 saturated carbocycles. The van der Waals surface area contributed by atoms with E-state index in [-0.39, 0.29) is 18.3 Å². The van der Waals surface area contributed by atoms with Crippen molar-refractivity contribution in [2.45, 2.75) is 44.6 Å². The third kappa shape index (κ3) is 3.06. The van der Waals surface area contributed by atoms with E-state index in [2.05, 4.69) is 0 Å². The predicted molar refractivity (Wildman–Crippen MR) is 76.4 cm³/mol. The second-order valence-electron chi connectivity index (χ2n) is 6.54. The minimum absolute atomic E-state index is 0.191. The lowest BCUT2D eigenvalue weighted by molar-refractivity contribution is -0.149. The Morgan fingerprint density at radius 2 is 1.76 bits per heavy atom. The Balaban J connectivity index is 2.32. The van der Waals surface area contributed by atoms with E-state index < -0.39 is 16.9 Å². The van der Waals surface area contributed by atoms with Gasteiger partial charge in [-0.3, -0.25) is 9.59 Å². The lowest BCUT2D eigenvalue weighted by atomic mass is 9.92. The Labute approximate surface area is 123 Å². The number of nitrogens with zero attached hydrogens (tertiary/aromatic N) is 1. The van der Waals surface area contributed by atoms with Crippen molar-refractivity contribution < 1.29 is 19.1 Å². The maximum absolute atomic E-state index is 13.0. The summed E-state index contributed by atoms with van der Waals surface area (Å²) in [5.41, 5.74) is -0.504. The van der Waals surface area contributed by atoms with Gasteiger partial charge in [0.15, 0.2) is 0 Å². The van der Waals surface area contributed by atoms with E-state index in [4.69, 9.17) is 5.11 Å². The zero-order chi connectivity index (χ0) is 15.8. The highest BCUT2D eigenvalue weighted by Crippen LogP contribution is 2.50. The average molecular weight is 293 g/mol. The first kappa shape index (κ1) is 15.5. The summed E-state index contributed by atoms with van der Waals surface area (Å²) in [4.78, 5) is 25.3. The van der Waals surface area contributed by atoms with Crippen LogP contribution < -0.4 is 0 Å². The van der Waals surface area contributed by atoms with Crippen molar-refractivity contribution in [1.82, 2.24) is 4.90 Å². The Bertz CT molecular complexity index is 556. The van der Waals surface area contributed by atoms with Gasteiger partial charge in [-0.25, -0.2) is 4.39 Å². The third-order valence-corrected chi connectivity index (χ3v) is 3.90. The van der Waals surface area contributed by atoms with Gasteiger partial charge in [0.1, 0.15) is 12.4 Å².